The van der Waals surface area contributed by atoms with Gasteiger partial charge >= 0.3 is 5.97 Å². The quantitative estimate of drug-likeness (QED) is 0.494. The highest BCUT2D eigenvalue weighted by Crippen LogP contribution is 2.26. The van der Waals surface area contributed by atoms with Crippen LogP contribution in [0.3, 0.4) is 0 Å². The summed E-state index contributed by atoms with van der Waals surface area (Å²) in [6, 6.07) is 12.7. The average Bonchev–Trinajstić information content (AvgIpc) is 3.09. The van der Waals surface area contributed by atoms with Crippen molar-refractivity contribution in [1.82, 2.24) is 10.3 Å². The molecule has 1 heterocycles. The third-order valence-corrected chi connectivity index (χ3v) is 5.56. The van der Waals surface area contributed by atoms with Crippen molar-refractivity contribution < 1.29 is 14.6 Å². The number of rotatable bonds is 7. The smallest absolute Gasteiger partial charge is 0.305 e. The van der Waals surface area contributed by atoms with Gasteiger partial charge in [-0.15, -0.1) is 11.3 Å². The van der Waals surface area contributed by atoms with Gasteiger partial charge < -0.3 is 20.5 Å². The van der Waals surface area contributed by atoms with Gasteiger partial charge in [-0.05, 0) is 54.5 Å². The molecule has 3 aromatic rings. The van der Waals surface area contributed by atoms with E-state index in [1.165, 1.54) is 0 Å². The van der Waals surface area contributed by atoms with Crippen LogP contribution in [0.1, 0.15) is 30.0 Å². The van der Waals surface area contributed by atoms with E-state index in [0.29, 0.717) is 10.9 Å². The van der Waals surface area contributed by atoms with Crippen LogP contribution in [-0.2, 0) is 11.2 Å². The van der Waals surface area contributed by atoms with Gasteiger partial charge in [-0.3, -0.25) is 4.79 Å². The van der Waals surface area contributed by atoms with Crippen molar-refractivity contribution in [3.8, 4) is 5.75 Å². The van der Waals surface area contributed by atoms with Crippen molar-refractivity contribution >= 4 is 50.5 Å². The fraction of sp³-hybridized carbons (Fsp3) is 0.250. The third kappa shape index (κ3) is 4.96. The molecule has 28 heavy (non-hydrogen) atoms. The normalized spacial score (nSPS) is 11.8. The maximum atomic E-state index is 11.3. The van der Waals surface area contributed by atoms with E-state index in [1.807, 2.05) is 36.4 Å². The van der Waals surface area contributed by atoms with E-state index in [9.17, 15) is 9.90 Å². The Labute approximate surface area is 172 Å². The van der Waals surface area contributed by atoms with E-state index in [2.05, 4.69) is 22.5 Å². The minimum atomic E-state index is -0.915. The van der Waals surface area contributed by atoms with Crippen molar-refractivity contribution in [3.05, 3.63) is 53.0 Å². The number of aliphatic carboxylic acids is 1. The maximum Gasteiger partial charge on any atom is 0.305 e. The molecule has 0 amide bonds. The SMILES string of the molecule is CCc1nc2ccc(NC(=S)N[C@@H](CC(=O)O)c3cccc(OC)c3)cc2s1. The molecule has 3 rings (SSSR count). The predicted octanol–water partition coefficient (Wildman–Crippen LogP) is 4.37. The number of fused-ring (bicyclic) bond motifs is 1. The van der Waals surface area contributed by atoms with E-state index in [1.54, 1.807) is 24.5 Å². The molecule has 0 saturated heterocycles. The van der Waals surface area contributed by atoms with Crippen LogP contribution < -0.4 is 15.4 Å². The lowest BCUT2D eigenvalue weighted by atomic mass is 10.0. The summed E-state index contributed by atoms with van der Waals surface area (Å²) in [5.41, 5.74) is 2.58. The number of aromatic nitrogens is 1. The summed E-state index contributed by atoms with van der Waals surface area (Å²) < 4.78 is 6.32. The topological polar surface area (TPSA) is 83.5 Å². The zero-order valence-corrected chi connectivity index (χ0v) is 17.2. The standard InChI is InChI=1S/C20H21N3O3S2/c1-3-18-22-15-8-7-13(10-17(15)28-18)21-20(27)23-16(11-19(24)25)12-5-4-6-14(9-12)26-2/h4-10,16H,3,11H2,1-2H3,(H,24,25)(H2,21,23,27)/t16-/m0/s1. The number of hydrogen-bond acceptors (Lipinski definition) is 5. The van der Waals surface area contributed by atoms with Crippen molar-refractivity contribution in [1.29, 1.82) is 0 Å². The second kappa shape index (κ2) is 8.99. The molecule has 3 N–H and O–H groups in total. The molecule has 0 spiro atoms. The molecule has 0 aliphatic heterocycles. The number of carbonyl (C=O) groups is 1. The summed E-state index contributed by atoms with van der Waals surface area (Å²) in [7, 11) is 1.57. The van der Waals surface area contributed by atoms with Crippen molar-refractivity contribution in [2.45, 2.75) is 25.8 Å². The Bertz CT molecular complexity index is 1000. The first-order valence-corrected chi connectivity index (χ1v) is 10.0. The number of nitrogens with one attached hydrogen (secondary N) is 2. The lowest BCUT2D eigenvalue weighted by molar-refractivity contribution is -0.137. The summed E-state index contributed by atoms with van der Waals surface area (Å²) in [6.07, 6.45) is 0.794. The van der Waals surface area contributed by atoms with Gasteiger partial charge in [0.15, 0.2) is 5.11 Å². The van der Waals surface area contributed by atoms with E-state index in [4.69, 9.17) is 17.0 Å². The highest BCUT2D eigenvalue weighted by molar-refractivity contribution is 7.80. The molecule has 0 saturated carbocycles. The van der Waals surface area contributed by atoms with Crippen LogP contribution in [0.25, 0.3) is 10.2 Å². The van der Waals surface area contributed by atoms with Crippen LogP contribution >= 0.6 is 23.6 Å². The van der Waals surface area contributed by atoms with Crippen molar-refractivity contribution in [2.75, 3.05) is 12.4 Å². The molecule has 1 aromatic heterocycles. The largest absolute Gasteiger partial charge is 0.497 e. The second-order valence-electron chi connectivity index (χ2n) is 6.17. The first kappa shape index (κ1) is 20.0. The molecule has 2 aromatic carbocycles. The molecule has 0 aliphatic rings. The van der Waals surface area contributed by atoms with Crippen LogP contribution in [0.4, 0.5) is 5.69 Å². The Morgan fingerprint density at radius 1 is 1.32 bits per heavy atom. The summed E-state index contributed by atoms with van der Waals surface area (Å²) in [6.45, 7) is 2.08. The Hall–Kier alpha value is -2.71. The molecule has 0 radical (unpaired) electrons. The van der Waals surface area contributed by atoms with Crippen LogP contribution in [0.2, 0.25) is 0 Å². The molecule has 146 valence electrons. The van der Waals surface area contributed by atoms with Gasteiger partial charge in [-0.1, -0.05) is 19.1 Å². The van der Waals surface area contributed by atoms with Gasteiger partial charge in [0.2, 0.25) is 0 Å². The molecule has 0 unspecified atom stereocenters. The Kier molecular flexibility index (Phi) is 6.43. The van der Waals surface area contributed by atoms with E-state index in [-0.39, 0.29) is 6.42 Å². The molecule has 0 fully saturated rings. The molecule has 0 bridgehead atoms. The number of ether oxygens (including phenoxy) is 1. The minimum absolute atomic E-state index is 0.108. The number of carboxylic acid groups (broad SMARTS) is 1. The highest BCUT2D eigenvalue weighted by Gasteiger charge is 2.17. The first-order valence-electron chi connectivity index (χ1n) is 8.81. The number of hydrogen-bond donors (Lipinski definition) is 3. The van der Waals surface area contributed by atoms with Crippen LogP contribution in [0.5, 0.6) is 5.75 Å². The fourth-order valence-corrected chi connectivity index (χ4v) is 4.02. The van der Waals surface area contributed by atoms with Gasteiger partial charge in [-0.25, -0.2) is 4.98 Å². The lowest BCUT2D eigenvalue weighted by Crippen LogP contribution is -2.33. The van der Waals surface area contributed by atoms with Crippen molar-refractivity contribution in [2.24, 2.45) is 0 Å². The van der Waals surface area contributed by atoms with Gasteiger partial charge in [0.25, 0.3) is 0 Å². The first-order chi connectivity index (χ1) is 13.5. The lowest BCUT2D eigenvalue weighted by Gasteiger charge is -2.20. The van der Waals surface area contributed by atoms with Gasteiger partial charge in [0.05, 0.1) is 34.8 Å². The number of thiazole rings is 1. The molecular formula is C20H21N3O3S2. The third-order valence-electron chi connectivity index (χ3n) is 4.17. The molecule has 6 nitrogen and oxygen atoms in total. The summed E-state index contributed by atoms with van der Waals surface area (Å²) in [5.74, 6) is -0.253. The zero-order chi connectivity index (χ0) is 20.1. The van der Waals surface area contributed by atoms with Gasteiger partial charge in [-0.2, -0.15) is 0 Å². The predicted molar refractivity (Wildman–Crippen MR) is 116 cm³/mol. The molecular weight excluding hydrogens is 394 g/mol. The van der Waals surface area contributed by atoms with E-state index in [0.717, 1.165) is 32.9 Å². The monoisotopic (exact) mass is 415 g/mol. The number of aryl methyl sites for hydroxylation is 1. The summed E-state index contributed by atoms with van der Waals surface area (Å²) >= 11 is 7.07. The number of methoxy groups -OCH3 is 1. The number of benzene rings is 2. The number of carboxylic acids is 1. The summed E-state index contributed by atoms with van der Waals surface area (Å²) in [4.78, 5) is 15.9. The maximum absolute atomic E-state index is 11.3. The van der Waals surface area contributed by atoms with Gasteiger partial charge in [0, 0.05) is 5.69 Å². The van der Waals surface area contributed by atoms with Crippen LogP contribution in [0.15, 0.2) is 42.5 Å². The molecule has 8 heteroatoms. The number of anilines is 1. The Morgan fingerprint density at radius 3 is 2.86 bits per heavy atom. The summed E-state index contributed by atoms with van der Waals surface area (Å²) in [5, 5.41) is 17.0. The molecule has 0 aliphatic carbocycles. The number of nitrogens with zero attached hydrogens (tertiary/aromatic N) is 1. The van der Waals surface area contributed by atoms with Gasteiger partial charge in [0.1, 0.15) is 5.75 Å². The zero-order valence-electron chi connectivity index (χ0n) is 15.6. The van der Waals surface area contributed by atoms with E-state index < -0.39 is 12.0 Å². The Balaban J connectivity index is 1.75. The fourth-order valence-electron chi connectivity index (χ4n) is 2.81. The number of thiocarbonyl (C=S) groups is 1. The van der Waals surface area contributed by atoms with Crippen LogP contribution in [0, 0.1) is 0 Å². The second-order valence-corrected chi connectivity index (χ2v) is 7.69. The van der Waals surface area contributed by atoms with Crippen LogP contribution in [-0.4, -0.2) is 28.3 Å². The molecule has 1 atom stereocenters. The minimum Gasteiger partial charge on any atom is -0.497 e. The van der Waals surface area contributed by atoms with Crippen molar-refractivity contribution in [3.63, 3.8) is 0 Å². The Morgan fingerprint density at radius 2 is 2.14 bits per heavy atom. The van der Waals surface area contributed by atoms with E-state index >= 15 is 0 Å². The highest BCUT2D eigenvalue weighted by atomic mass is 32.1. The average molecular weight is 416 g/mol.